The van der Waals surface area contributed by atoms with E-state index in [2.05, 4.69) is 15.4 Å². The Morgan fingerprint density at radius 1 is 1.43 bits per heavy atom. The van der Waals surface area contributed by atoms with Crippen LogP contribution in [-0.2, 0) is 9.59 Å². The zero-order chi connectivity index (χ0) is 16.6. The molecule has 126 valence electrons. The van der Waals surface area contributed by atoms with Crippen molar-refractivity contribution >= 4 is 11.8 Å². The van der Waals surface area contributed by atoms with Gasteiger partial charge in [-0.15, -0.1) is 0 Å². The third-order valence-electron chi connectivity index (χ3n) is 4.12. The standard InChI is InChI=1S/C13H16F3N5O2/c14-13(15,16)10(21-7-17-6-19-21)4-18-12(23)8-3-11(22)20(5-8)9-1-2-9/h6-10H,1-5H2,(H,18,23). The number of rotatable bonds is 5. The van der Waals surface area contributed by atoms with Crippen LogP contribution in [0.3, 0.4) is 0 Å². The zero-order valence-electron chi connectivity index (χ0n) is 12.2. The van der Waals surface area contributed by atoms with Crippen molar-refractivity contribution in [1.82, 2.24) is 25.0 Å². The van der Waals surface area contributed by atoms with Gasteiger partial charge in [0.1, 0.15) is 12.7 Å². The van der Waals surface area contributed by atoms with Crippen molar-refractivity contribution < 1.29 is 22.8 Å². The van der Waals surface area contributed by atoms with Gasteiger partial charge in [-0.2, -0.15) is 18.3 Å². The molecule has 1 aromatic rings. The number of hydrogen-bond donors (Lipinski definition) is 1. The number of carbonyl (C=O) groups excluding carboxylic acids is 2. The summed E-state index contributed by atoms with van der Waals surface area (Å²) in [5.41, 5.74) is 0. The molecule has 1 aliphatic carbocycles. The highest BCUT2D eigenvalue weighted by atomic mass is 19.4. The van der Waals surface area contributed by atoms with Gasteiger partial charge in [0, 0.05) is 25.6 Å². The molecule has 2 fully saturated rings. The van der Waals surface area contributed by atoms with Gasteiger partial charge >= 0.3 is 6.18 Å². The average molecular weight is 331 g/mol. The van der Waals surface area contributed by atoms with E-state index in [0.29, 0.717) is 4.68 Å². The van der Waals surface area contributed by atoms with Crippen LogP contribution in [-0.4, -0.2) is 56.8 Å². The Morgan fingerprint density at radius 2 is 2.17 bits per heavy atom. The van der Waals surface area contributed by atoms with E-state index in [-0.39, 0.29) is 24.9 Å². The molecular weight excluding hydrogens is 315 g/mol. The lowest BCUT2D eigenvalue weighted by molar-refractivity contribution is -0.169. The molecule has 0 spiro atoms. The highest BCUT2D eigenvalue weighted by molar-refractivity contribution is 5.89. The fourth-order valence-electron chi connectivity index (χ4n) is 2.73. The molecule has 2 unspecified atom stereocenters. The fraction of sp³-hybridized carbons (Fsp3) is 0.692. The molecule has 1 aromatic heterocycles. The largest absolute Gasteiger partial charge is 0.412 e. The average Bonchev–Trinajstić information content (AvgIpc) is 3.02. The van der Waals surface area contributed by atoms with Crippen LogP contribution in [0.15, 0.2) is 12.7 Å². The van der Waals surface area contributed by atoms with Crippen molar-refractivity contribution in [2.75, 3.05) is 13.1 Å². The van der Waals surface area contributed by atoms with Gasteiger partial charge in [0.05, 0.1) is 5.92 Å². The lowest BCUT2D eigenvalue weighted by Gasteiger charge is -2.21. The molecule has 3 rings (SSSR count). The van der Waals surface area contributed by atoms with Crippen molar-refractivity contribution in [3.05, 3.63) is 12.7 Å². The quantitative estimate of drug-likeness (QED) is 0.852. The molecule has 2 atom stereocenters. The van der Waals surface area contributed by atoms with Crippen molar-refractivity contribution in [3.63, 3.8) is 0 Å². The Morgan fingerprint density at radius 3 is 2.74 bits per heavy atom. The number of halogens is 3. The van der Waals surface area contributed by atoms with Gasteiger partial charge in [0.2, 0.25) is 11.8 Å². The molecule has 2 aliphatic rings. The number of carbonyl (C=O) groups is 2. The van der Waals surface area contributed by atoms with E-state index in [9.17, 15) is 22.8 Å². The number of aromatic nitrogens is 3. The highest BCUT2D eigenvalue weighted by Crippen LogP contribution is 2.33. The highest BCUT2D eigenvalue weighted by Gasteiger charge is 2.44. The summed E-state index contributed by atoms with van der Waals surface area (Å²) in [5.74, 6) is -1.22. The Balaban J connectivity index is 1.58. The van der Waals surface area contributed by atoms with Gasteiger partial charge < -0.3 is 10.2 Å². The first-order valence-corrected chi connectivity index (χ1v) is 7.34. The molecule has 23 heavy (non-hydrogen) atoms. The van der Waals surface area contributed by atoms with Crippen LogP contribution >= 0.6 is 0 Å². The van der Waals surface area contributed by atoms with Gasteiger partial charge in [-0.3, -0.25) is 9.59 Å². The van der Waals surface area contributed by atoms with Crippen molar-refractivity contribution in [2.24, 2.45) is 5.92 Å². The number of nitrogens with one attached hydrogen (secondary N) is 1. The maximum Gasteiger partial charge on any atom is 0.412 e. The summed E-state index contributed by atoms with van der Waals surface area (Å²) >= 11 is 0. The van der Waals surface area contributed by atoms with E-state index >= 15 is 0 Å². The Bertz CT molecular complexity index is 585. The predicted molar refractivity (Wildman–Crippen MR) is 71.0 cm³/mol. The zero-order valence-corrected chi connectivity index (χ0v) is 12.2. The fourth-order valence-corrected chi connectivity index (χ4v) is 2.73. The van der Waals surface area contributed by atoms with E-state index in [0.717, 1.165) is 25.5 Å². The SMILES string of the molecule is O=C(NCC(n1cncn1)C(F)(F)F)C1CC(=O)N(C2CC2)C1. The van der Waals surface area contributed by atoms with Crippen LogP contribution in [0.2, 0.25) is 0 Å². The lowest BCUT2D eigenvalue weighted by atomic mass is 10.1. The summed E-state index contributed by atoms with van der Waals surface area (Å²) < 4.78 is 39.8. The smallest absolute Gasteiger partial charge is 0.353 e. The first kappa shape index (κ1) is 15.8. The summed E-state index contributed by atoms with van der Waals surface area (Å²) in [6.07, 6.45) is -0.679. The maximum atomic E-state index is 13.0. The maximum absolute atomic E-state index is 13.0. The Kier molecular flexibility index (Phi) is 3.99. The lowest BCUT2D eigenvalue weighted by Crippen LogP contribution is -2.41. The Hall–Kier alpha value is -2.13. The van der Waals surface area contributed by atoms with Gasteiger partial charge in [-0.1, -0.05) is 0 Å². The summed E-state index contributed by atoms with van der Waals surface area (Å²) in [4.78, 5) is 29.0. The van der Waals surface area contributed by atoms with Gasteiger partial charge in [0.15, 0.2) is 6.04 Å². The molecule has 1 saturated heterocycles. The summed E-state index contributed by atoms with van der Waals surface area (Å²) in [7, 11) is 0. The molecule has 1 aliphatic heterocycles. The molecule has 1 N–H and O–H groups in total. The first-order valence-electron chi connectivity index (χ1n) is 7.34. The van der Waals surface area contributed by atoms with Crippen molar-refractivity contribution in [2.45, 2.75) is 37.5 Å². The number of alkyl halides is 3. The summed E-state index contributed by atoms with van der Waals surface area (Å²) in [6.45, 7) is -0.352. The van der Waals surface area contributed by atoms with Gasteiger partial charge in [0.25, 0.3) is 0 Å². The van der Waals surface area contributed by atoms with Crippen molar-refractivity contribution in [1.29, 1.82) is 0 Å². The van der Waals surface area contributed by atoms with Crippen LogP contribution in [0.4, 0.5) is 13.2 Å². The van der Waals surface area contributed by atoms with Gasteiger partial charge in [-0.05, 0) is 12.8 Å². The summed E-state index contributed by atoms with van der Waals surface area (Å²) in [5, 5.41) is 5.78. The number of amides is 2. The van der Waals surface area contributed by atoms with Gasteiger partial charge in [-0.25, -0.2) is 9.67 Å². The number of hydrogen-bond acceptors (Lipinski definition) is 4. The normalized spacial score (nSPS) is 23.2. The molecule has 0 bridgehead atoms. The molecular formula is C13H16F3N5O2. The van der Waals surface area contributed by atoms with Crippen molar-refractivity contribution in [3.8, 4) is 0 Å². The second-order valence-electron chi connectivity index (χ2n) is 5.86. The van der Waals surface area contributed by atoms with E-state index in [1.807, 2.05) is 0 Å². The van der Waals surface area contributed by atoms with Crippen LogP contribution < -0.4 is 5.32 Å². The third-order valence-corrected chi connectivity index (χ3v) is 4.12. The topological polar surface area (TPSA) is 80.1 Å². The molecule has 2 heterocycles. The minimum atomic E-state index is -4.56. The number of likely N-dealkylation sites (tertiary alicyclic amines) is 1. The van der Waals surface area contributed by atoms with E-state index < -0.39 is 30.6 Å². The van der Waals surface area contributed by atoms with E-state index in [1.54, 1.807) is 4.90 Å². The Labute approximate surface area is 129 Å². The molecule has 10 heteroatoms. The predicted octanol–water partition coefficient (Wildman–Crippen LogP) is 0.509. The van der Waals surface area contributed by atoms with Crippen LogP contribution in [0.5, 0.6) is 0 Å². The monoisotopic (exact) mass is 331 g/mol. The minimum Gasteiger partial charge on any atom is -0.353 e. The third kappa shape index (κ3) is 3.45. The van der Waals surface area contributed by atoms with E-state index in [4.69, 9.17) is 0 Å². The number of nitrogens with zero attached hydrogens (tertiary/aromatic N) is 4. The van der Waals surface area contributed by atoms with E-state index in [1.165, 1.54) is 0 Å². The molecule has 0 aromatic carbocycles. The minimum absolute atomic E-state index is 0.0579. The molecule has 7 nitrogen and oxygen atoms in total. The van der Waals surface area contributed by atoms with Crippen LogP contribution in [0.25, 0.3) is 0 Å². The molecule has 1 saturated carbocycles. The second-order valence-corrected chi connectivity index (χ2v) is 5.86. The molecule has 2 amide bonds. The molecule has 0 radical (unpaired) electrons. The summed E-state index contributed by atoms with van der Waals surface area (Å²) in [6, 6.07) is -1.77. The van der Waals surface area contributed by atoms with Crippen LogP contribution in [0.1, 0.15) is 25.3 Å². The second kappa shape index (κ2) is 5.82. The van der Waals surface area contributed by atoms with Crippen LogP contribution in [0, 0.1) is 5.92 Å². The first-order chi connectivity index (χ1) is 10.9.